The summed E-state index contributed by atoms with van der Waals surface area (Å²) < 4.78 is 0. The summed E-state index contributed by atoms with van der Waals surface area (Å²) in [6, 6.07) is 19.8. The van der Waals surface area contributed by atoms with Crippen LogP contribution in [0.4, 0.5) is 11.4 Å². The highest BCUT2D eigenvalue weighted by molar-refractivity contribution is 6.15. The highest BCUT2D eigenvalue weighted by atomic mass is 16.6. The highest BCUT2D eigenvalue weighted by Crippen LogP contribution is 2.25. The molecule has 0 aliphatic heterocycles. The highest BCUT2D eigenvalue weighted by Gasteiger charge is 2.19. The molecule has 3 aromatic carbocycles. The van der Waals surface area contributed by atoms with Crippen molar-refractivity contribution in [2.75, 3.05) is 5.32 Å². The summed E-state index contributed by atoms with van der Waals surface area (Å²) in [6.45, 7) is 1.97. The number of nitro groups is 1. The number of ketones is 1. The molecular weight excluding hydrogens is 368 g/mol. The molecule has 3 rings (SSSR count). The van der Waals surface area contributed by atoms with Crippen molar-refractivity contribution in [3.63, 3.8) is 0 Å². The number of anilines is 1. The number of aryl methyl sites for hydroxylation is 1. The summed E-state index contributed by atoms with van der Waals surface area (Å²) >= 11 is 0. The van der Waals surface area contributed by atoms with Crippen molar-refractivity contribution in [3.8, 4) is 0 Å². The van der Waals surface area contributed by atoms with Gasteiger partial charge in [0.15, 0.2) is 5.78 Å². The Bertz CT molecular complexity index is 1090. The summed E-state index contributed by atoms with van der Waals surface area (Å²) in [7, 11) is 0. The molecule has 0 aromatic heterocycles. The van der Waals surface area contributed by atoms with E-state index in [4.69, 9.17) is 0 Å². The Kier molecular flexibility index (Phi) is 5.94. The van der Waals surface area contributed by atoms with Crippen LogP contribution < -0.4 is 5.32 Å². The van der Waals surface area contributed by atoms with Gasteiger partial charge in [0, 0.05) is 23.8 Å². The van der Waals surface area contributed by atoms with E-state index < -0.39 is 16.6 Å². The second-order valence-corrected chi connectivity index (χ2v) is 6.42. The third-order valence-electron chi connectivity index (χ3n) is 4.26. The van der Waals surface area contributed by atoms with E-state index in [1.54, 1.807) is 36.4 Å². The summed E-state index contributed by atoms with van der Waals surface area (Å²) in [4.78, 5) is 35.7. The van der Waals surface area contributed by atoms with Crippen LogP contribution in [0.2, 0.25) is 0 Å². The average Bonchev–Trinajstić information content (AvgIpc) is 2.73. The number of amides is 1. The van der Waals surface area contributed by atoms with Crippen molar-refractivity contribution in [2.24, 2.45) is 0 Å². The maximum Gasteiger partial charge on any atom is 0.270 e. The predicted molar refractivity (Wildman–Crippen MR) is 112 cm³/mol. The van der Waals surface area contributed by atoms with E-state index in [1.807, 2.05) is 31.2 Å². The maximum atomic E-state index is 12.8. The molecule has 144 valence electrons. The zero-order valence-corrected chi connectivity index (χ0v) is 15.7. The Morgan fingerprint density at radius 3 is 2.31 bits per heavy atom. The number of benzene rings is 3. The lowest BCUT2D eigenvalue weighted by atomic mass is 10.0. The van der Waals surface area contributed by atoms with Gasteiger partial charge in [0.25, 0.3) is 5.69 Å². The molecule has 1 amide bonds. The topological polar surface area (TPSA) is 89.3 Å². The lowest BCUT2D eigenvalue weighted by Gasteiger charge is -2.09. The molecule has 0 heterocycles. The molecule has 0 saturated carbocycles. The standard InChI is InChI=1S/C23H18N2O4/c1-16-7-9-17(10-8-16)11-14-22(26)24-21-13-12-19(25(28)29)15-20(21)23(27)18-5-3-2-4-6-18/h2-15H,1H3,(H,24,26)/b14-11+. The van der Waals surface area contributed by atoms with Gasteiger partial charge in [-0.2, -0.15) is 0 Å². The number of nitrogens with one attached hydrogen (secondary N) is 1. The summed E-state index contributed by atoms with van der Waals surface area (Å²) in [5, 5.41) is 13.8. The fourth-order valence-corrected chi connectivity index (χ4v) is 2.71. The summed E-state index contributed by atoms with van der Waals surface area (Å²) in [6.07, 6.45) is 3.00. The first-order chi connectivity index (χ1) is 13.9. The predicted octanol–water partition coefficient (Wildman–Crippen LogP) is 4.79. The van der Waals surface area contributed by atoms with E-state index in [1.165, 1.54) is 24.3 Å². The van der Waals surface area contributed by atoms with E-state index in [-0.39, 0.29) is 16.9 Å². The second kappa shape index (κ2) is 8.75. The largest absolute Gasteiger partial charge is 0.322 e. The van der Waals surface area contributed by atoms with Crippen LogP contribution in [0, 0.1) is 17.0 Å². The molecule has 0 unspecified atom stereocenters. The molecule has 0 aliphatic carbocycles. The first-order valence-corrected chi connectivity index (χ1v) is 8.88. The van der Waals surface area contributed by atoms with Gasteiger partial charge in [0.05, 0.1) is 16.2 Å². The van der Waals surface area contributed by atoms with Gasteiger partial charge in [0.1, 0.15) is 0 Å². The van der Waals surface area contributed by atoms with Gasteiger partial charge in [-0.15, -0.1) is 0 Å². The number of nitrogens with zero attached hydrogens (tertiary/aromatic N) is 1. The van der Waals surface area contributed by atoms with Crippen LogP contribution in [0.25, 0.3) is 6.08 Å². The molecule has 3 aromatic rings. The Labute approximate surface area is 167 Å². The molecule has 0 fully saturated rings. The van der Waals surface area contributed by atoms with E-state index in [2.05, 4.69) is 5.32 Å². The number of carbonyl (C=O) groups is 2. The number of nitro benzene ring substituents is 1. The minimum Gasteiger partial charge on any atom is -0.322 e. The van der Waals surface area contributed by atoms with E-state index >= 15 is 0 Å². The van der Waals surface area contributed by atoms with Gasteiger partial charge < -0.3 is 5.32 Å². The quantitative estimate of drug-likeness (QED) is 0.286. The maximum absolute atomic E-state index is 12.8. The number of carbonyl (C=O) groups excluding carboxylic acids is 2. The number of hydrogen-bond acceptors (Lipinski definition) is 4. The van der Waals surface area contributed by atoms with Crippen molar-refractivity contribution >= 4 is 29.1 Å². The van der Waals surface area contributed by atoms with E-state index in [9.17, 15) is 19.7 Å². The van der Waals surface area contributed by atoms with Crippen LogP contribution >= 0.6 is 0 Å². The fraction of sp³-hybridized carbons (Fsp3) is 0.0435. The van der Waals surface area contributed by atoms with Crippen LogP contribution in [-0.4, -0.2) is 16.6 Å². The van der Waals surface area contributed by atoms with Crippen LogP contribution in [0.1, 0.15) is 27.0 Å². The van der Waals surface area contributed by atoms with Crippen molar-refractivity contribution in [2.45, 2.75) is 6.92 Å². The number of non-ortho nitro benzene ring substituents is 1. The third kappa shape index (κ3) is 5.01. The zero-order valence-electron chi connectivity index (χ0n) is 15.7. The van der Waals surface area contributed by atoms with Crippen molar-refractivity contribution in [1.29, 1.82) is 0 Å². The van der Waals surface area contributed by atoms with E-state index in [0.717, 1.165) is 11.1 Å². The zero-order chi connectivity index (χ0) is 20.8. The molecule has 1 N–H and O–H groups in total. The SMILES string of the molecule is Cc1ccc(/C=C/C(=O)Nc2ccc([N+](=O)[O-])cc2C(=O)c2ccccc2)cc1. The third-order valence-corrected chi connectivity index (χ3v) is 4.26. The van der Waals surface area contributed by atoms with Gasteiger partial charge in [-0.05, 0) is 24.6 Å². The molecule has 29 heavy (non-hydrogen) atoms. The first kappa shape index (κ1) is 19.7. The molecule has 6 nitrogen and oxygen atoms in total. The Morgan fingerprint density at radius 2 is 1.66 bits per heavy atom. The van der Waals surface area contributed by atoms with Gasteiger partial charge in [0.2, 0.25) is 5.91 Å². The number of rotatable bonds is 6. The van der Waals surface area contributed by atoms with Gasteiger partial charge in [-0.3, -0.25) is 19.7 Å². The minimum absolute atomic E-state index is 0.0579. The number of hydrogen-bond donors (Lipinski definition) is 1. The molecule has 0 radical (unpaired) electrons. The van der Waals surface area contributed by atoms with Crippen LogP contribution in [0.3, 0.4) is 0 Å². The van der Waals surface area contributed by atoms with Crippen LogP contribution in [0.5, 0.6) is 0 Å². The van der Waals surface area contributed by atoms with Crippen LogP contribution in [-0.2, 0) is 4.79 Å². The Hall–Kier alpha value is -4.06. The summed E-state index contributed by atoms with van der Waals surface area (Å²) in [5.74, 6) is -0.853. The smallest absolute Gasteiger partial charge is 0.270 e. The molecule has 0 spiro atoms. The van der Waals surface area contributed by atoms with Gasteiger partial charge in [-0.1, -0.05) is 60.2 Å². The fourth-order valence-electron chi connectivity index (χ4n) is 2.71. The monoisotopic (exact) mass is 386 g/mol. The Balaban J connectivity index is 1.87. The van der Waals surface area contributed by atoms with Gasteiger partial charge in [-0.25, -0.2) is 0 Å². The van der Waals surface area contributed by atoms with Crippen LogP contribution in [0.15, 0.2) is 78.9 Å². The molecular formula is C23H18N2O4. The average molecular weight is 386 g/mol. The lowest BCUT2D eigenvalue weighted by Crippen LogP contribution is -2.13. The van der Waals surface area contributed by atoms with Crippen molar-refractivity contribution < 1.29 is 14.5 Å². The second-order valence-electron chi connectivity index (χ2n) is 6.42. The molecule has 0 aliphatic rings. The van der Waals surface area contributed by atoms with Gasteiger partial charge >= 0.3 is 0 Å². The van der Waals surface area contributed by atoms with Crippen molar-refractivity contribution in [3.05, 3.63) is 111 Å². The molecule has 6 heteroatoms. The van der Waals surface area contributed by atoms with Crippen molar-refractivity contribution in [1.82, 2.24) is 0 Å². The summed E-state index contributed by atoms with van der Waals surface area (Å²) in [5.41, 5.74) is 2.39. The molecule has 0 saturated heterocycles. The normalized spacial score (nSPS) is 10.7. The molecule has 0 bridgehead atoms. The molecule has 0 atom stereocenters. The minimum atomic E-state index is -0.579. The van der Waals surface area contributed by atoms with E-state index in [0.29, 0.717) is 5.56 Å². The lowest BCUT2D eigenvalue weighted by molar-refractivity contribution is -0.384. The Morgan fingerprint density at radius 1 is 0.966 bits per heavy atom. The first-order valence-electron chi connectivity index (χ1n) is 8.88.